The fraction of sp³-hybridized carbons (Fsp3) is 0.125. The van der Waals surface area contributed by atoms with Gasteiger partial charge in [-0.1, -0.05) is 6.07 Å². The van der Waals surface area contributed by atoms with Gasteiger partial charge >= 0.3 is 5.97 Å². The van der Waals surface area contributed by atoms with Crippen molar-refractivity contribution in [1.29, 1.82) is 0 Å². The summed E-state index contributed by atoms with van der Waals surface area (Å²) >= 11 is 5.38. The molecule has 64 valence electrons. The molecule has 0 saturated carbocycles. The maximum absolute atomic E-state index is 11.2. The molecule has 1 aromatic carbocycles. The number of benzene rings is 1. The minimum absolute atomic E-state index is 0.313. The number of halogens is 2. The largest absolute Gasteiger partial charge is 0.465 e. The summed E-state index contributed by atoms with van der Waals surface area (Å²) in [5, 5.41) is 0. The Balaban J connectivity index is 3.21. The lowest BCUT2D eigenvalue weighted by Gasteiger charge is -2.03. The van der Waals surface area contributed by atoms with Crippen LogP contribution in [0.1, 0.15) is 10.4 Å². The standard InChI is InChI=1S/C8H6BrIO2/c1-12-8(11)7-5(9)3-2-4-6(7)10/h2-4H,1H3. The van der Waals surface area contributed by atoms with Crippen LogP contribution in [0, 0.1) is 3.57 Å². The van der Waals surface area contributed by atoms with Crippen molar-refractivity contribution in [2.75, 3.05) is 7.11 Å². The Labute approximate surface area is 92.6 Å². The number of carbonyl (C=O) groups is 1. The first kappa shape index (κ1) is 9.98. The molecule has 0 unspecified atom stereocenters. The van der Waals surface area contributed by atoms with E-state index in [2.05, 4.69) is 43.3 Å². The number of rotatable bonds is 1. The molecule has 12 heavy (non-hydrogen) atoms. The molecule has 0 heterocycles. The van der Waals surface area contributed by atoms with E-state index in [0.717, 1.165) is 8.04 Å². The van der Waals surface area contributed by atoms with Crippen molar-refractivity contribution in [3.05, 3.63) is 31.8 Å². The molecule has 1 rings (SSSR count). The maximum Gasteiger partial charge on any atom is 0.340 e. The van der Waals surface area contributed by atoms with E-state index in [1.807, 2.05) is 18.2 Å². The normalized spacial score (nSPS) is 9.58. The molecule has 0 fully saturated rings. The Bertz CT molecular complexity index is 292. The van der Waals surface area contributed by atoms with E-state index in [9.17, 15) is 4.79 Å². The number of ether oxygens (including phenoxy) is 1. The van der Waals surface area contributed by atoms with Crippen LogP contribution in [0.5, 0.6) is 0 Å². The van der Waals surface area contributed by atoms with Crippen LogP contribution >= 0.6 is 38.5 Å². The number of esters is 1. The molecule has 0 aliphatic heterocycles. The highest BCUT2D eigenvalue weighted by atomic mass is 127. The lowest BCUT2D eigenvalue weighted by Crippen LogP contribution is -2.04. The van der Waals surface area contributed by atoms with Crippen LogP contribution in [-0.2, 0) is 4.74 Å². The summed E-state index contributed by atoms with van der Waals surface area (Å²) in [6.07, 6.45) is 0. The van der Waals surface area contributed by atoms with Crippen molar-refractivity contribution >= 4 is 44.5 Å². The van der Waals surface area contributed by atoms with Crippen molar-refractivity contribution in [3.63, 3.8) is 0 Å². The molecular weight excluding hydrogens is 335 g/mol. The van der Waals surface area contributed by atoms with E-state index in [4.69, 9.17) is 0 Å². The highest BCUT2D eigenvalue weighted by molar-refractivity contribution is 14.1. The lowest BCUT2D eigenvalue weighted by atomic mass is 10.2. The third-order valence-electron chi connectivity index (χ3n) is 1.35. The fourth-order valence-electron chi connectivity index (χ4n) is 0.795. The highest BCUT2D eigenvalue weighted by Gasteiger charge is 2.12. The second-order valence-corrected chi connectivity index (χ2v) is 4.10. The molecule has 0 saturated heterocycles. The summed E-state index contributed by atoms with van der Waals surface area (Å²) in [5.41, 5.74) is 0.584. The summed E-state index contributed by atoms with van der Waals surface area (Å²) in [6.45, 7) is 0. The van der Waals surface area contributed by atoms with Gasteiger partial charge in [-0.3, -0.25) is 0 Å². The first-order chi connectivity index (χ1) is 5.66. The Morgan fingerprint density at radius 2 is 2.25 bits per heavy atom. The van der Waals surface area contributed by atoms with E-state index < -0.39 is 0 Å². The molecular formula is C8H6BrIO2. The molecule has 4 heteroatoms. The summed E-state index contributed by atoms with van der Waals surface area (Å²) in [5.74, 6) is -0.313. The van der Waals surface area contributed by atoms with Crippen LogP contribution in [-0.4, -0.2) is 13.1 Å². The van der Waals surface area contributed by atoms with Crippen molar-refractivity contribution in [2.24, 2.45) is 0 Å². The van der Waals surface area contributed by atoms with E-state index >= 15 is 0 Å². The minimum atomic E-state index is -0.313. The number of hydrogen-bond donors (Lipinski definition) is 0. The van der Waals surface area contributed by atoms with Crippen LogP contribution < -0.4 is 0 Å². The topological polar surface area (TPSA) is 26.3 Å². The lowest BCUT2D eigenvalue weighted by molar-refractivity contribution is 0.0598. The molecule has 0 radical (unpaired) electrons. The minimum Gasteiger partial charge on any atom is -0.465 e. The third kappa shape index (κ3) is 1.98. The van der Waals surface area contributed by atoms with Crippen LogP contribution in [0.15, 0.2) is 22.7 Å². The van der Waals surface area contributed by atoms with Gasteiger partial charge in [-0.15, -0.1) is 0 Å². The Hall–Kier alpha value is -0.100. The zero-order valence-corrected chi connectivity index (χ0v) is 10.0. The van der Waals surface area contributed by atoms with Gasteiger partial charge in [0.05, 0.1) is 12.7 Å². The summed E-state index contributed by atoms with van der Waals surface area (Å²) in [7, 11) is 1.37. The van der Waals surface area contributed by atoms with Gasteiger partial charge in [-0.2, -0.15) is 0 Å². The van der Waals surface area contributed by atoms with Gasteiger partial charge in [0.15, 0.2) is 0 Å². The van der Waals surface area contributed by atoms with Crippen molar-refractivity contribution in [2.45, 2.75) is 0 Å². The first-order valence-electron chi connectivity index (χ1n) is 3.19. The van der Waals surface area contributed by atoms with E-state index in [1.54, 1.807) is 0 Å². The smallest absolute Gasteiger partial charge is 0.340 e. The van der Waals surface area contributed by atoms with Crippen LogP contribution in [0.4, 0.5) is 0 Å². The summed E-state index contributed by atoms with van der Waals surface area (Å²) in [4.78, 5) is 11.2. The Morgan fingerprint density at radius 1 is 1.58 bits per heavy atom. The Morgan fingerprint density at radius 3 is 2.75 bits per heavy atom. The quantitative estimate of drug-likeness (QED) is 0.580. The molecule has 0 spiro atoms. The number of methoxy groups -OCH3 is 1. The second-order valence-electron chi connectivity index (χ2n) is 2.09. The van der Waals surface area contributed by atoms with Gasteiger partial charge in [0, 0.05) is 8.04 Å². The van der Waals surface area contributed by atoms with Gasteiger partial charge in [0.25, 0.3) is 0 Å². The molecule has 1 aromatic rings. The molecule has 0 aliphatic carbocycles. The van der Waals surface area contributed by atoms with Crippen LogP contribution in [0.25, 0.3) is 0 Å². The zero-order chi connectivity index (χ0) is 9.14. The highest BCUT2D eigenvalue weighted by Crippen LogP contribution is 2.22. The molecule has 0 bridgehead atoms. The van der Waals surface area contributed by atoms with Gasteiger partial charge in [-0.05, 0) is 50.7 Å². The maximum atomic E-state index is 11.2. The van der Waals surface area contributed by atoms with E-state index in [1.165, 1.54) is 7.11 Å². The summed E-state index contributed by atoms with van der Waals surface area (Å²) < 4.78 is 6.27. The predicted octanol–water partition coefficient (Wildman–Crippen LogP) is 2.84. The average Bonchev–Trinajstić information content (AvgIpc) is 2.03. The molecule has 2 nitrogen and oxygen atoms in total. The van der Waals surface area contributed by atoms with Crippen LogP contribution in [0.2, 0.25) is 0 Å². The third-order valence-corrected chi connectivity index (χ3v) is 2.91. The van der Waals surface area contributed by atoms with E-state index in [-0.39, 0.29) is 5.97 Å². The van der Waals surface area contributed by atoms with Crippen molar-refractivity contribution in [1.82, 2.24) is 0 Å². The monoisotopic (exact) mass is 340 g/mol. The zero-order valence-electron chi connectivity index (χ0n) is 6.30. The summed E-state index contributed by atoms with van der Waals surface area (Å²) in [6, 6.07) is 5.55. The van der Waals surface area contributed by atoms with Gasteiger partial charge in [0.2, 0.25) is 0 Å². The van der Waals surface area contributed by atoms with Crippen molar-refractivity contribution in [3.8, 4) is 0 Å². The molecule has 0 amide bonds. The molecule has 0 aromatic heterocycles. The molecule has 0 N–H and O–H groups in total. The van der Waals surface area contributed by atoms with Gasteiger partial charge in [0.1, 0.15) is 0 Å². The first-order valence-corrected chi connectivity index (χ1v) is 5.06. The van der Waals surface area contributed by atoms with Crippen molar-refractivity contribution < 1.29 is 9.53 Å². The SMILES string of the molecule is COC(=O)c1c(Br)cccc1I. The molecule has 0 atom stereocenters. The Kier molecular flexibility index (Phi) is 3.52. The van der Waals surface area contributed by atoms with Gasteiger partial charge in [-0.25, -0.2) is 4.79 Å². The fourth-order valence-corrected chi connectivity index (χ4v) is 2.41. The number of hydrogen-bond acceptors (Lipinski definition) is 2. The van der Waals surface area contributed by atoms with Gasteiger partial charge < -0.3 is 4.74 Å². The number of carbonyl (C=O) groups excluding carboxylic acids is 1. The average molecular weight is 341 g/mol. The predicted molar refractivity (Wildman–Crippen MR) is 58.2 cm³/mol. The van der Waals surface area contributed by atoms with Crippen LogP contribution in [0.3, 0.4) is 0 Å². The van der Waals surface area contributed by atoms with E-state index in [0.29, 0.717) is 5.56 Å². The second kappa shape index (κ2) is 4.23. The molecule has 0 aliphatic rings.